The lowest BCUT2D eigenvalue weighted by molar-refractivity contribution is 0.0564. The van der Waals surface area contributed by atoms with E-state index in [0.717, 1.165) is 16.8 Å². The second-order valence-corrected chi connectivity index (χ2v) is 5.39. The third-order valence-electron chi connectivity index (χ3n) is 2.91. The summed E-state index contributed by atoms with van der Waals surface area (Å²) >= 11 is 1.40. The molecule has 108 valence electrons. The van der Waals surface area contributed by atoms with Crippen molar-refractivity contribution >= 4 is 17.7 Å². The molecule has 0 radical (unpaired) electrons. The largest absolute Gasteiger partial charge is 0.463 e. The molecule has 0 spiro atoms. The summed E-state index contributed by atoms with van der Waals surface area (Å²) in [6.45, 7) is 3.77. The highest BCUT2D eigenvalue weighted by molar-refractivity contribution is 7.98. The molecule has 21 heavy (non-hydrogen) atoms. The molecule has 2 heterocycles. The Morgan fingerprint density at radius 3 is 2.95 bits per heavy atom. The van der Waals surface area contributed by atoms with Crippen LogP contribution in [0.1, 0.15) is 32.9 Å². The van der Waals surface area contributed by atoms with E-state index in [0.29, 0.717) is 16.3 Å². The van der Waals surface area contributed by atoms with Gasteiger partial charge in [-0.2, -0.15) is 5.26 Å². The van der Waals surface area contributed by atoms with Gasteiger partial charge >= 0.3 is 5.97 Å². The lowest BCUT2D eigenvalue weighted by atomic mass is 10.1. The number of esters is 1. The molecule has 0 atom stereocenters. The minimum Gasteiger partial charge on any atom is -0.463 e. The first-order valence-corrected chi connectivity index (χ1v) is 7.21. The molecule has 2 rings (SSSR count). The van der Waals surface area contributed by atoms with Gasteiger partial charge in [0.15, 0.2) is 0 Å². The van der Waals surface area contributed by atoms with E-state index in [2.05, 4.69) is 15.8 Å². The molecular weight excluding hydrogens is 288 g/mol. The fourth-order valence-corrected chi connectivity index (χ4v) is 2.99. The van der Waals surface area contributed by atoms with E-state index >= 15 is 0 Å². The molecule has 2 aromatic rings. The number of hydrogen-bond acceptors (Lipinski definition) is 6. The number of hydrogen-bond donors (Lipinski definition) is 0. The number of carbonyl (C=O) groups is 1. The van der Waals surface area contributed by atoms with Crippen LogP contribution in [-0.4, -0.2) is 18.1 Å². The van der Waals surface area contributed by atoms with E-state index < -0.39 is 5.97 Å². The molecular formula is C15H14N2O3S. The monoisotopic (exact) mass is 302 g/mol. The lowest BCUT2D eigenvalue weighted by Crippen LogP contribution is -2.02. The number of aryl methyl sites for hydroxylation is 2. The zero-order valence-electron chi connectivity index (χ0n) is 12.0. The van der Waals surface area contributed by atoms with Crippen molar-refractivity contribution in [3.05, 3.63) is 46.5 Å². The number of thioether (sulfide) groups is 1. The first-order valence-electron chi connectivity index (χ1n) is 6.22. The Balaban J connectivity index is 2.24. The van der Waals surface area contributed by atoms with Crippen LogP contribution in [0.3, 0.4) is 0 Å². The molecule has 0 aliphatic rings. The number of pyridine rings is 1. The van der Waals surface area contributed by atoms with Crippen molar-refractivity contribution in [2.45, 2.75) is 24.6 Å². The van der Waals surface area contributed by atoms with Crippen molar-refractivity contribution in [3.8, 4) is 6.07 Å². The molecule has 0 amide bonds. The summed E-state index contributed by atoms with van der Waals surface area (Å²) in [5.41, 5.74) is 3.03. The summed E-state index contributed by atoms with van der Waals surface area (Å²) in [4.78, 5) is 15.9. The van der Waals surface area contributed by atoms with Gasteiger partial charge in [-0.15, -0.1) is 11.8 Å². The zero-order valence-corrected chi connectivity index (χ0v) is 12.8. The molecule has 0 fully saturated rings. The smallest absolute Gasteiger partial charge is 0.374 e. The van der Waals surface area contributed by atoms with Crippen LogP contribution in [0.5, 0.6) is 0 Å². The Morgan fingerprint density at radius 2 is 2.29 bits per heavy atom. The summed E-state index contributed by atoms with van der Waals surface area (Å²) in [5.74, 6) is 0.156. The average molecular weight is 302 g/mol. The summed E-state index contributed by atoms with van der Waals surface area (Å²) in [7, 11) is 1.31. The van der Waals surface area contributed by atoms with Crippen molar-refractivity contribution < 1.29 is 13.9 Å². The van der Waals surface area contributed by atoms with E-state index in [-0.39, 0.29) is 5.76 Å². The first-order chi connectivity index (χ1) is 10.1. The number of aromatic nitrogens is 1. The van der Waals surface area contributed by atoms with Gasteiger partial charge < -0.3 is 9.15 Å². The number of rotatable bonds is 4. The molecule has 0 aliphatic heterocycles. The Morgan fingerprint density at radius 1 is 1.52 bits per heavy atom. The summed E-state index contributed by atoms with van der Waals surface area (Å²) in [5, 5.41) is 9.89. The van der Waals surface area contributed by atoms with Crippen LogP contribution in [0, 0.1) is 25.2 Å². The van der Waals surface area contributed by atoms with Gasteiger partial charge in [0.25, 0.3) is 0 Å². The maximum Gasteiger partial charge on any atom is 0.374 e. The van der Waals surface area contributed by atoms with Gasteiger partial charge in [0.2, 0.25) is 5.76 Å². The molecule has 0 N–H and O–H groups in total. The minimum absolute atomic E-state index is 0.188. The van der Waals surface area contributed by atoms with E-state index in [4.69, 9.17) is 4.42 Å². The van der Waals surface area contributed by atoms with Crippen LogP contribution in [0.2, 0.25) is 0 Å². The van der Waals surface area contributed by atoms with Gasteiger partial charge in [-0.05, 0) is 31.5 Å². The zero-order chi connectivity index (χ0) is 15.4. The molecule has 5 nitrogen and oxygen atoms in total. The van der Waals surface area contributed by atoms with Crippen LogP contribution < -0.4 is 0 Å². The first kappa shape index (κ1) is 15.1. The van der Waals surface area contributed by atoms with E-state index in [9.17, 15) is 10.1 Å². The second-order valence-electron chi connectivity index (χ2n) is 4.43. The van der Waals surface area contributed by atoms with E-state index in [1.54, 1.807) is 6.07 Å². The van der Waals surface area contributed by atoms with Crippen molar-refractivity contribution in [1.29, 1.82) is 5.26 Å². The van der Waals surface area contributed by atoms with Crippen molar-refractivity contribution in [2.24, 2.45) is 0 Å². The standard InChI is InChI=1S/C15H14N2O3S/c1-9-6-10(2)17-14(12(9)7-16)21-8-11-4-5-20-13(11)15(18)19-3/h4-6H,8H2,1-3H3. The molecule has 0 saturated heterocycles. The quantitative estimate of drug-likeness (QED) is 0.637. The second kappa shape index (κ2) is 6.46. The summed E-state index contributed by atoms with van der Waals surface area (Å²) < 4.78 is 9.80. The maximum atomic E-state index is 11.5. The van der Waals surface area contributed by atoms with Gasteiger partial charge in [0.05, 0.1) is 18.9 Å². The summed E-state index contributed by atoms with van der Waals surface area (Å²) in [6, 6.07) is 5.76. The Hall–Kier alpha value is -2.26. The highest BCUT2D eigenvalue weighted by Crippen LogP contribution is 2.28. The molecule has 0 aliphatic carbocycles. The van der Waals surface area contributed by atoms with Gasteiger partial charge in [0.1, 0.15) is 11.1 Å². The van der Waals surface area contributed by atoms with Crippen LogP contribution in [0.4, 0.5) is 0 Å². The topological polar surface area (TPSA) is 76.1 Å². The van der Waals surface area contributed by atoms with Crippen LogP contribution in [-0.2, 0) is 10.5 Å². The number of ether oxygens (including phenoxy) is 1. The van der Waals surface area contributed by atoms with Crippen LogP contribution >= 0.6 is 11.8 Å². The number of nitrogens with zero attached hydrogens (tertiary/aromatic N) is 2. The third-order valence-corrected chi connectivity index (χ3v) is 3.93. The number of methoxy groups -OCH3 is 1. The molecule has 0 bridgehead atoms. The Bertz CT molecular complexity index is 716. The Kier molecular flexibility index (Phi) is 4.66. The molecule has 0 saturated carbocycles. The number of carbonyl (C=O) groups excluding carboxylic acids is 1. The van der Waals surface area contributed by atoms with Gasteiger partial charge in [-0.25, -0.2) is 9.78 Å². The average Bonchev–Trinajstić information content (AvgIpc) is 2.92. The predicted molar refractivity (Wildman–Crippen MR) is 78.0 cm³/mol. The fourth-order valence-electron chi connectivity index (χ4n) is 1.91. The molecule has 0 unspecified atom stereocenters. The van der Waals surface area contributed by atoms with Crippen LogP contribution in [0.15, 0.2) is 27.8 Å². The van der Waals surface area contributed by atoms with Crippen molar-refractivity contribution in [2.75, 3.05) is 7.11 Å². The molecule has 2 aromatic heterocycles. The van der Waals surface area contributed by atoms with Crippen LogP contribution in [0.25, 0.3) is 0 Å². The van der Waals surface area contributed by atoms with E-state index in [1.165, 1.54) is 25.1 Å². The van der Waals surface area contributed by atoms with Crippen molar-refractivity contribution in [1.82, 2.24) is 4.98 Å². The SMILES string of the molecule is COC(=O)c1occc1CSc1nc(C)cc(C)c1C#N. The minimum atomic E-state index is -0.510. The normalized spacial score (nSPS) is 10.2. The van der Waals surface area contributed by atoms with Gasteiger partial charge in [0, 0.05) is 17.0 Å². The Labute approximate surface area is 126 Å². The fraction of sp³-hybridized carbons (Fsp3) is 0.267. The number of nitriles is 1. The number of furan rings is 1. The van der Waals surface area contributed by atoms with Gasteiger partial charge in [-0.3, -0.25) is 0 Å². The lowest BCUT2D eigenvalue weighted by Gasteiger charge is -2.07. The van der Waals surface area contributed by atoms with E-state index in [1.807, 2.05) is 19.9 Å². The summed E-state index contributed by atoms with van der Waals surface area (Å²) in [6.07, 6.45) is 1.45. The predicted octanol–water partition coefficient (Wildman–Crippen LogP) is 3.24. The maximum absolute atomic E-state index is 11.5. The third kappa shape index (κ3) is 3.26. The highest BCUT2D eigenvalue weighted by atomic mass is 32.2. The van der Waals surface area contributed by atoms with Crippen molar-refractivity contribution in [3.63, 3.8) is 0 Å². The van der Waals surface area contributed by atoms with Gasteiger partial charge in [-0.1, -0.05) is 0 Å². The molecule has 6 heteroatoms. The highest BCUT2D eigenvalue weighted by Gasteiger charge is 2.17. The molecule has 0 aromatic carbocycles.